The minimum Gasteiger partial charge on any atom is -0.459 e. The van der Waals surface area contributed by atoms with Gasteiger partial charge >= 0.3 is 5.97 Å². The molecule has 0 aliphatic carbocycles. The van der Waals surface area contributed by atoms with Crippen molar-refractivity contribution in [1.29, 1.82) is 0 Å². The highest BCUT2D eigenvalue weighted by molar-refractivity contribution is 5.89. The third-order valence-electron chi connectivity index (χ3n) is 2.97. The van der Waals surface area contributed by atoms with Gasteiger partial charge in [-0.3, -0.25) is 0 Å². The SMILES string of the molecule is COC1[C@@H](O)O[C@H](COC(=O)c2ccccc2)[C@H]1O. The Balaban J connectivity index is 1.88. The molecule has 2 N–H and O–H groups in total. The van der Waals surface area contributed by atoms with Gasteiger partial charge in [-0.15, -0.1) is 0 Å². The predicted octanol–water partition coefficient (Wildman–Crippen LogP) is -0.0635. The number of hydrogen-bond acceptors (Lipinski definition) is 6. The first-order chi connectivity index (χ1) is 9.13. The molecule has 2 rings (SSSR count). The van der Waals surface area contributed by atoms with E-state index in [0.29, 0.717) is 5.56 Å². The van der Waals surface area contributed by atoms with Crippen LogP contribution in [-0.4, -0.2) is 54.5 Å². The van der Waals surface area contributed by atoms with Crippen molar-refractivity contribution in [2.24, 2.45) is 0 Å². The Hall–Kier alpha value is -1.47. The second-order valence-electron chi connectivity index (χ2n) is 4.22. The van der Waals surface area contributed by atoms with Crippen LogP contribution in [0.1, 0.15) is 10.4 Å². The lowest BCUT2D eigenvalue weighted by molar-refractivity contribution is -0.140. The zero-order valence-electron chi connectivity index (χ0n) is 10.4. The molecule has 6 heteroatoms. The number of carbonyl (C=O) groups is 1. The van der Waals surface area contributed by atoms with Crippen LogP contribution < -0.4 is 0 Å². The largest absolute Gasteiger partial charge is 0.459 e. The van der Waals surface area contributed by atoms with Gasteiger partial charge in [0, 0.05) is 7.11 Å². The number of ether oxygens (including phenoxy) is 3. The van der Waals surface area contributed by atoms with Gasteiger partial charge in [0.2, 0.25) is 0 Å². The molecule has 1 aromatic carbocycles. The molecule has 1 saturated heterocycles. The van der Waals surface area contributed by atoms with Crippen molar-refractivity contribution in [2.45, 2.75) is 24.6 Å². The van der Waals surface area contributed by atoms with E-state index in [1.165, 1.54) is 7.11 Å². The van der Waals surface area contributed by atoms with Gasteiger partial charge in [-0.2, -0.15) is 0 Å². The van der Waals surface area contributed by atoms with Crippen LogP contribution in [0.2, 0.25) is 0 Å². The topological polar surface area (TPSA) is 85.2 Å². The number of methoxy groups -OCH3 is 1. The maximum Gasteiger partial charge on any atom is 0.338 e. The smallest absolute Gasteiger partial charge is 0.338 e. The Bertz CT molecular complexity index is 420. The first-order valence-electron chi connectivity index (χ1n) is 5.90. The second-order valence-corrected chi connectivity index (χ2v) is 4.22. The van der Waals surface area contributed by atoms with Crippen molar-refractivity contribution in [1.82, 2.24) is 0 Å². The van der Waals surface area contributed by atoms with Crippen LogP contribution in [0.4, 0.5) is 0 Å². The van der Waals surface area contributed by atoms with Crippen molar-refractivity contribution >= 4 is 5.97 Å². The van der Waals surface area contributed by atoms with Gasteiger partial charge < -0.3 is 24.4 Å². The van der Waals surface area contributed by atoms with Gasteiger partial charge in [-0.1, -0.05) is 18.2 Å². The summed E-state index contributed by atoms with van der Waals surface area (Å²) in [6.07, 6.45) is -3.89. The van der Waals surface area contributed by atoms with Crippen LogP contribution in [0.25, 0.3) is 0 Å². The van der Waals surface area contributed by atoms with Crippen molar-refractivity contribution in [3.05, 3.63) is 35.9 Å². The maximum atomic E-state index is 11.7. The summed E-state index contributed by atoms with van der Waals surface area (Å²) in [6, 6.07) is 8.49. The highest BCUT2D eigenvalue weighted by Crippen LogP contribution is 2.22. The molecule has 0 amide bonds. The lowest BCUT2D eigenvalue weighted by Gasteiger charge is -2.16. The molecule has 104 valence electrons. The van der Waals surface area contributed by atoms with Gasteiger partial charge in [-0.05, 0) is 12.1 Å². The van der Waals surface area contributed by atoms with Gasteiger partial charge in [-0.25, -0.2) is 4.79 Å². The van der Waals surface area contributed by atoms with E-state index in [1.807, 2.05) is 0 Å². The quantitative estimate of drug-likeness (QED) is 0.744. The Labute approximate surface area is 110 Å². The monoisotopic (exact) mass is 268 g/mol. The standard InChI is InChI=1S/C13H16O6/c1-17-11-10(14)9(19-13(11)16)7-18-12(15)8-5-3-2-4-6-8/h2-6,9-11,13-14,16H,7H2,1H3/t9-,10-,11?,13+/m1/s1. The van der Waals surface area contributed by atoms with Crippen LogP contribution in [0.5, 0.6) is 0 Å². The first-order valence-corrected chi connectivity index (χ1v) is 5.90. The van der Waals surface area contributed by atoms with E-state index in [9.17, 15) is 15.0 Å². The highest BCUT2D eigenvalue weighted by atomic mass is 16.7. The van der Waals surface area contributed by atoms with Gasteiger partial charge in [0.25, 0.3) is 0 Å². The summed E-state index contributed by atoms with van der Waals surface area (Å²) in [5, 5.41) is 19.3. The second kappa shape index (κ2) is 6.12. The molecular formula is C13H16O6. The van der Waals surface area contributed by atoms with E-state index in [2.05, 4.69) is 0 Å². The molecule has 0 aromatic heterocycles. The molecule has 0 spiro atoms. The number of aliphatic hydroxyl groups excluding tert-OH is 2. The van der Waals surface area contributed by atoms with Crippen molar-refractivity contribution in [3.63, 3.8) is 0 Å². The number of aliphatic hydroxyl groups is 2. The van der Waals surface area contributed by atoms with E-state index >= 15 is 0 Å². The summed E-state index contributed by atoms with van der Waals surface area (Å²) in [5.41, 5.74) is 0.416. The number of esters is 1. The third kappa shape index (κ3) is 3.10. The molecule has 1 aliphatic rings. The number of hydrogen-bond donors (Lipinski definition) is 2. The van der Waals surface area contributed by atoms with Crippen LogP contribution >= 0.6 is 0 Å². The van der Waals surface area contributed by atoms with E-state index in [-0.39, 0.29) is 6.61 Å². The van der Waals surface area contributed by atoms with Crippen LogP contribution in [0.3, 0.4) is 0 Å². The Morgan fingerprint density at radius 2 is 2.00 bits per heavy atom. The summed E-state index contributed by atoms with van der Waals surface area (Å²) >= 11 is 0. The molecule has 6 nitrogen and oxygen atoms in total. The molecular weight excluding hydrogens is 252 g/mol. The predicted molar refractivity (Wildman–Crippen MR) is 64.4 cm³/mol. The van der Waals surface area contributed by atoms with E-state index in [1.54, 1.807) is 30.3 Å². The number of carbonyl (C=O) groups excluding carboxylic acids is 1. The lowest BCUT2D eigenvalue weighted by atomic mass is 10.1. The summed E-state index contributed by atoms with van der Waals surface area (Å²) in [7, 11) is 1.36. The Morgan fingerprint density at radius 1 is 1.32 bits per heavy atom. The lowest BCUT2D eigenvalue weighted by Crippen LogP contribution is -2.36. The molecule has 1 heterocycles. The van der Waals surface area contributed by atoms with E-state index in [0.717, 1.165) is 0 Å². The zero-order valence-corrected chi connectivity index (χ0v) is 10.4. The maximum absolute atomic E-state index is 11.7. The van der Waals surface area contributed by atoms with Gasteiger partial charge in [0.05, 0.1) is 5.56 Å². The molecule has 1 aliphatic heterocycles. The average Bonchev–Trinajstić information content (AvgIpc) is 2.71. The van der Waals surface area contributed by atoms with Crippen molar-refractivity contribution in [2.75, 3.05) is 13.7 Å². The van der Waals surface area contributed by atoms with Crippen LogP contribution in [0, 0.1) is 0 Å². The van der Waals surface area contributed by atoms with Gasteiger partial charge in [0.1, 0.15) is 24.9 Å². The summed E-state index contributed by atoms with van der Waals surface area (Å²) < 4.78 is 15.0. The minimum absolute atomic E-state index is 0.147. The molecule has 1 fully saturated rings. The fraction of sp³-hybridized carbons (Fsp3) is 0.462. The third-order valence-corrected chi connectivity index (χ3v) is 2.97. The van der Waals surface area contributed by atoms with E-state index < -0.39 is 30.6 Å². The normalized spacial score (nSPS) is 30.3. The number of benzene rings is 1. The zero-order chi connectivity index (χ0) is 13.8. The van der Waals surface area contributed by atoms with Crippen molar-refractivity contribution < 1.29 is 29.2 Å². The summed E-state index contributed by atoms with van der Waals surface area (Å²) in [5.74, 6) is -0.508. The average molecular weight is 268 g/mol. The highest BCUT2D eigenvalue weighted by Gasteiger charge is 2.43. The molecule has 1 unspecified atom stereocenters. The molecule has 0 radical (unpaired) electrons. The Kier molecular flexibility index (Phi) is 4.49. The molecule has 19 heavy (non-hydrogen) atoms. The fourth-order valence-corrected chi connectivity index (χ4v) is 1.93. The molecule has 1 aromatic rings. The molecule has 4 atom stereocenters. The van der Waals surface area contributed by atoms with E-state index in [4.69, 9.17) is 14.2 Å². The number of rotatable bonds is 4. The first kappa shape index (κ1) is 14.0. The van der Waals surface area contributed by atoms with Crippen LogP contribution in [0.15, 0.2) is 30.3 Å². The molecule has 0 bridgehead atoms. The van der Waals surface area contributed by atoms with Crippen molar-refractivity contribution in [3.8, 4) is 0 Å². The minimum atomic E-state index is -1.22. The van der Waals surface area contributed by atoms with Gasteiger partial charge in [0.15, 0.2) is 6.29 Å². The summed E-state index contributed by atoms with van der Waals surface area (Å²) in [4.78, 5) is 11.7. The molecule has 0 saturated carbocycles. The van der Waals surface area contributed by atoms with Crippen LogP contribution in [-0.2, 0) is 14.2 Å². The summed E-state index contributed by atoms with van der Waals surface area (Å²) in [6.45, 7) is -0.147. The Morgan fingerprint density at radius 3 is 2.58 bits per heavy atom. The fourth-order valence-electron chi connectivity index (χ4n) is 1.93.